The lowest BCUT2D eigenvalue weighted by molar-refractivity contribution is 1.47. The van der Waals surface area contributed by atoms with Gasteiger partial charge in [0.1, 0.15) is 0 Å². The second-order valence-corrected chi connectivity index (χ2v) is 9.68. The highest BCUT2D eigenvalue weighted by Crippen LogP contribution is 2.21. The predicted octanol–water partition coefficient (Wildman–Crippen LogP) is 4.84. The lowest BCUT2D eigenvalue weighted by Crippen LogP contribution is -2.56. The lowest BCUT2D eigenvalue weighted by Gasteiger charge is -2.32. The summed E-state index contributed by atoms with van der Waals surface area (Å²) in [7, 11) is -2.53. The van der Waals surface area contributed by atoms with Crippen molar-refractivity contribution in [1.29, 1.82) is 0 Å². The molecule has 0 aliphatic carbocycles. The molecule has 0 heterocycles. The fourth-order valence-corrected chi connectivity index (χ4v) is 5.41. The first-order chi connectivity index (χ1) is 14.0. The van der Waals surface area contributed by atoms with Crippen LogP contribution < -0.4 is 14.9 Å². The van der Waals surface area contributed by atoms with Crippen molar-refractivity contribution >= 4 is 25.6 Å². The minimum absolute atomic E-state index is 0.815. The van der Waals surface area contributed by atoms with Gasteiger partial charge in [0.2, 0.25) is 0 Å². The van der Waals surface area contributed by atoms with E-state index in [2.05, 4.69) is 39.3 Å². The molecule has 0 atom stereocenters. The van der Waals surface area contributed by atoms with E-state index in [1.54, 1.807) is 0 Å². The van der Waals surface area contributed by atoms with Gasteiger partial charge in [-0.2, -0.15) is 0 Å². The standard InChI is InChI=1S/C25H21N3Si/c1-5-20-11-8-14-23(17-20)26-29(4,27-24-15-9-12-21(6-2)18-24)28-25-16-10-13-22(7-3)19-25/h1-3,8-19,26-28H,4H3. The molecule has 0 aromatic heterocycles. The summed E-state index contributed by atoms with van der Waals surface area (Å²) in [6.45, 7) is 2.13. The molecule has 4 heteroatoms. The van der Waals surface area contributed by atoms with E-state index in [4.69, 9.17) is 19.3 Å². The minimum Gasteiger partial charge on any atom is -0.378 e. The largest absolute Gasteiger partial charge is 0.378 e. The number of anilines is 3. The van der Waals surface area contributed by atoms with Gasteiger partial charge in [-0.25, -0.2) is 0 Å². The molecule has 0 amide bonds. The van der Waals surface area contributed by atoms with E-state index in [9.17, 15) is 0 Å². The highest BCUT2D eigenvalue weighted by Gasteiger charge is 2.30. The molecule has 29 heavy (non-hydrogen) atoms. The van der Waals surface area contributed by atoms with Crippen molar-refractivity contribution in [2.24, 2.45) is 0 Å². The quantitative estimate of drug-likeness (QED) is 0.416. The van der Waals surface area contributed by atoms with Crippen LogP contribution in [-0.2, 0) is 0 Å². The zero-order chi connectivity index (χ0) is 20.7. The molecule has 0 spiro atoms. The smallest absolute Gasteiger partial charge is 0.368 e. The van der Waals surface area contributed by atoms with Crippen molar-refractivity contribution in [2.45, 2.75) is 6.55 Å². The summed E-state index contributed by atoms with van der Waals surface area (Å²) >= 11 is 0. The number of nitrogens with one attached hydrogen (secondary N) is 3. The molecule has 0 radical (unpaired) electrons. The summed E-state index contributed by atoms with van der Waals surface area (Å²) < 4.78 is 0. The van der Waals surface area contributed by atoms with E-state index in [-0.39, 0.29) is 0 Å². The summed E-state index contributed by atoms with van der Waals surface area (Å²) in [5, 5.41) is 0. The van der Waals surface area contributed by atoms with Gasteiger partial charge < -0.3 is 14.9 Å². The first-order valence-corrected chi connectivity index (χ1v) is 11.6. The molecule has 0 aliphatic heterocycles. The molecule has 0 saturated heterocycles. The number of hydrogen-bond acceptors (Lipinski definition) is 3. The van der Waals surface area contributed by atoms with Crippen LogP contribution in [0.3, 0.4) is 0 Å². The van der Waals surface area contributed by atoms with Crippen LogP contribution in [0.5, 0.6) is 0 Å². The first kappa shape index (κ1) is 19.7. The average Bonchev–Trinajstić information content (AvgIpc) is 2.73. The highest BCUT2D eigenvalue weighted by atomic mass is 28.4. The third kappa shape index (κ3) is 5.24. The molecule has 3 nitrogen and oxygen atoms in total. The highest BCUT2D eigenvalue weighted by molar-refractivity contribution is 6.87. The summed E-state index contributed by atoms with van der Waals surface area (Å²) in [4.78, 5) is 10.9. The molecule has 0 fully saturated rings. The molecule has 140 valence electrons. The Morgan fingerprint density at radius 1 is 0.586 bits per heavy atom. The third-order valence-electron chi connectivity index (χ3n) is 4.27. The second kappa shape index (κ2) is 8.76. The van der Waals surface area contributed by atoms with Crippen molar-refractivity contribution in [1.82, 2.24) is 0 Å². The van der Waals surface area contributed by atoms with Crippen LogP contribution in [0.2, 0.25) is 6.55 Å². The van der Waals surface area contributed by atoms with Gasteiger partial charge >= 0.3 is 8.56 Å². The van der Waals surface area contributed by atoms with E-state index in [1.807, 2.05) is 72.8 Å². The van der Waals surface area contributed by atoms with Gasteiger partial charge in [0.05, 0.1) is 0 Å². The van der Waals surface area contributed by atoms with Crippen LogP contribution in [0.1, 0.15) is 16.7 Å². The van der Waals surface area contributed by atoms with Crippen LogP contribution in [0.4, 0.5) is 17.1 Å². The van der Waals surface area contributed by atoms with Crippen molar-refractivity contribution in [2.75, 3.05) is 14.9 Å². The van der Waals surface area contributed by atoms with E-state index in [1.165, 1.54) is 0 Å². The Morgan fingerprint density at radius 3 is 1.17 bits per heavy atom. The fourth-order valence-electron chi connectivity index (χ4n) is 3.02. The maximum atomic E-state index is 5.56. The molecule has 3 aromatic carbocycles. The Hall–Kier alpha value is -4.04. The maximum absolute atomic E-state index is 5.56. The zero-order valence-electron chi connectivity index (χ0n) is 16.2. The van der Waals surface area contributed by atoms with Crippen molar-refractivity contribution < 1.29 is 0 Å². The molecule has 3 rings (SSSR count). The Kier molecular flexibility index (Phi) is 5.96. The molecule has 3 N–H and O–H groups in total. The number of rotatable bonds is 6. The molecule has 0 aliphatic rings. The van der Waals surface area contributed by atoms with Crippen LogP contribution in [0, 0.1) is 37.0 Å². The third-order valence-corrected chi connectivity index (χ3v) is 6.64. The molecular formula is C25H21N3Si. The van der Waals surface area contributed by atoms with E-state index in [0.29, 0.717) is 0 Å². The zero-order valence-corrected chi connectivity index (χ0v) is 17.2. The molecular weight excluding hydrogens is 370 g/mol. The van der Waals surface area contributed by atoms with Crippen LogP contribution in [-0.4, -0.2) is 8.56 Å². The van der Waals surface area contributed by atoms with Crippen molar-refractivity contribution in [3.8, 4) is 37.0 Å². The van der Waals surface area contributed by atoms with Crippen molar-refractivity contribution in [3.05, 3.63) is 89.5 Å². The Morgan fingerprint density at radius 2 is 0.897 bits per heavy atom. The van der Waals surface area contributed by atoms with Crippen LogP contribution in [0.25, 0.3) is 0 Å². The molecule has 0 bridgehead atoms. The Bertz CT molecular complexity index is 1000. The Labute approximate surface area is 173 Å². The molecule has 3 aromatic rings. The summed E-state index contributed by atoms with van der Waals surface area (Å²) in [6, 6.07) is 23.3. The fraction of sp³-hybridized carbons (Fsp3) is 0.0400. The number of terminal acetylenes is 3. The number of hydrogen-bond donors (Lipinski definition) is 3. The lowest BCUT2D eigenvalue weighted by atomic mass is 10.2. The van der Waals surface area contributed by atoms with Gasteiger partial charge in [-0.15, -0.1) is 19.3 Å². The van der Waals surface area contributed by atoms with Crippen LogP contribution in [0.15, 0.2) is 72.8 Å². The number of benzene rings is 3. The van der Waals surface area contributed by atoms with Gasteiger partial charge in [0, 0.05) is 33.8 Å². The Balaban J connectivity index is 1.95. The summed E-state index contributed by atoms with van der Waals surface area (Å²) in [5.74, 6) is 8.02. The normalized spacial score (nSPS) is 10.1. The van der Waals surface area contributed by atoms with Crippen LogP contribution >= 0.6 is 0 Å². The monoisotopic (exact) mass is 391 g/mol. The van der Waals surface area contributed by atoms with Gasteiger partial charge in [-0.1, -0.05) is 36.0 Å². The van der Waals surface area contributed by atoms with E-state index >= 15 is 0 Å². The van der Waals surface area contributed by atoms with Crippen molar-refractivity contribution in [3.63, 3.8) is 0 Å². The summed E-state index contributed by atoms with van der Waals surface area (Å²) in [5.41, 5.74) is 5.22. The van der Waals surface area contributed by atoms with E-state index < -0.39 is 8.56 Å². The SMILES string of the molecule is C#Cc1cccc(N[Si](C)(Nc2cccc(C#C)c2)Nc2cccc(C#C)c2)c1. The first-order valence-electron chi connectivity index (χ1n) is 9.08. The predicted molar refractivity (Wildman–Crippen MR) is 126 cm³/mol. The van der Waals surface area contributed by atoms with Gasteiger partial charge in [0.25, 0.3) is 0 Å². The van der Waals surface area contributed by atoms with E-state index in [0.717, 1.165) is 33.8 Å². The molecule has 0 saturated carbocycles. The summed E-state index contributed by atoms with van der Waals surface area (Å²) in [6.07, 6.45) is 16.7. The topological polar surface area (TPSA) is 36.1 Å². The average molecular weight is 392 g/mol. The second-order valence-electron chi connectivity index (χ2n) is 6.68. The molecule has 0 unspecified atom stereocenters. The minimum atomic E-state index is -2.53. The maximum Gasteiger partial charge on any atom is 0.368 e. The van der Waals surface area contributed by atoms with Gasteiger partial charge in [-0.3, -0.25) is 0 Å². The van der Waals surface area contributed by atoms with Gasteiger partial charge in [0.15, 0.2) is 0 Å². The van der Waals surface area contributed by atoms with Gasteiger partial charge in [-0.05, 0) is 61.1 Å².